The van der Waals surface area contributed by atoms with Gasteiger partial charge in [0, 0.05) is 50.8 Å². The Labute approximate surface area is 177 Å². The van der Waals surface area contributed by atoms with Crippen molar-refractivity contribution >= 4 is 11.8 Å². The standard InChI is InChI=1S/C24H29N3O3/c1-24(2)14-19-13-17(6-8-21(19)30-24)15-26-23(29)18-7-9-22(28)27(16-18)12-10-20-5-3-4-11-25-20/h3-6,8,11,13,18H,7,9-10,12,14-16H2,1-2H3,(H,26,29)/t18-/m0/s1. The number of fused-ring (bicyclic) bond motifs is 1. The minimum Gasteiger partial charge on any atom is -0.487 e. The predicted molar refractivity (Wildman–Crippen MR) is 114 cm³/mol. The van der Waals surface area contributed by atoms with Gasteiger partial charge in [0.1, 0.15) is 11.4 Å². The number of pyridine rings is 1. The van der Waals surface area contributed by atoms with Gasteiger partial charge in [0.25, 0.3) is 0 Å². The van der Waals surface area contributed by atoms with Gasteiger partial charge < -0.3 is 15.0 Å². The lowest BCUT2D eigenvalue weighted by atomic mass is 9.96. The molecule has 0 aliphatic carbocycles. The van der Waals surface area contributed by atoms with Gasteiger partial charge in [-0.3, -0.25) is 14.6 Å². The van der Waals surface area contributed by atoms with E-state index in [1.807, 2.05) is 30.3 Å². The maximum absolute atomic E-state index is 12.7. The predicted octanol–water partition coefficient (Wildman–Crippen LogP) is 2.89. The van der Waals surface area contributed by atoms with E-state index in [9.17, 15) is 9.59 Å². The van der Waals surface area contributed by atoms with Gasteiger partial charge in [-0.25, -0.2) is 0 Å². The van der Waals surface area contributed by atoms with Crippen LogP contribution >= 0.6 is 0 Å². The van der Waals surface area contributed by atoms with Crippen molar-refractivity contribution < 1.29 is 14.3 Å². The summed E-state index contributed by atoms with van der Waals surface area (Å²) in [5.74, 6) is 0.908. The average Bonchev–Trinajstić information content (AvgIpc) is 3.05. The highest BCUT2D eigenvalue weighted by Gasteiger charge is 2.31. The molecule has 2 aromatic rings. The van der Waals surface area contributed by atoms with Crippen LogP contribution < -0.4 is 10.1 Å². The fourth-order valence-electron chi connectivity index (χ4n) is 4.25. The van der Waals surface area contributed by atoms with Crippen LogP contribution in [0.2, 0.25) is 0 Å². The molecule has 2 aliphatic rings. The van der Waals surface area contributed by atoms with Gasteiger partial charge in [0.2, 0.25) is 11.8 Å². The van der Waals surface area contributed by atoms with Gasteiger partial charge in [-0.15, -0.1) is 0 Å². The second-order valence-electron chi connectivity index (χ2n) is 8.84. The maximum atomic E-state index is 12.7. The second kappa shape index (κ2) is 8.46. The van der Waals surface area contributed by atoms with Gasteiger partial charge in [0.05, 0.1) is 5.92 Å². The summed E-state index contributed by atoms with van der Waals surface area (Å²) in [4.78, 5) is 31.2. The molecule has 2 amide bonds. The number of piperidine rings is 1. The molecule has 0 unspecified atom stereocenters. The molecule has 1 fully saturated rings. The molecule has 0 spiro atoms. The first-order valence-corrected chi connectivity index (χ1v) is 10.7. The van der Waals surface area contributed by atoms with Crippen molar-refractivity contribution in [3.05, 3.63) is 59.4 Å². The summed E-state index contributed by atoms with van der Waals surface area (Å²) in [5.41, 5.74) is 3.05. The lowest BCUT2D eigenvalue weighted by molar-refractivity contribution is -0.138. The van der Waals surface area contributed by atoms with Crippen molar-refractivity contribution in [3.63, 3.8) is 0 Å². The number of carbonyl (C=O) groups excluding carboxylic acids is 2. The van der Waals surface area contributed by atoms with Crippen LogP contribution in [0.15, 0.2) is 42.6 Å². The third-order valence-corrected chi connectivity index (χ3v) is 5.83. The quantitative estimate of drug-likeness (QED) is 0.799. The van der Waals surface area contributed by atoms with Crippen LogP contribution in [0.1, 0.15) is 43.5 Å². The van der Waals surface area contributed by atoms with Crippen LogP contribution in [-0.4, -0.2) is 40.4 Å². The number of ether oxygens (including phenoxy) is 1. The zero-order chi connectivity index (χ0) is 21.1. The van der Waals surface area contributed by atoms with Crippen LogP contribution in [0.25, 0.3) is 0 Å². The van der Waals surface area contributed by atoms with Crippen molar-refractivity contribution in [1.82, 2.24) is 15.2 Å². The Kier molecular flexibility index (Phi) is 5.75. The molecule has 158 valence electrons. The number of carbonyl (C=O) groups is 2. The van der Waals surface area contributed by atoms with Gasteiger partial charge in [-0.2, -0.15) is 0 Å². The fourth-order valence-corrected chi connectivity index (χ4v) is 4.25. The van der Waals surface area contributed by atoms with Crippen molar-refractivity contribution in [2.75, 3.05) is 13.1 Å². The largest absolute Gasteiger partial charge is 0.487 e. The topological polar surface area (TPSA) is 71.5 Å². The molecule has 3 heterocycles. The van der Waals surface area contributed by atoms with Crippen LogP contribution in [0, 0.1) is 5.92 Å². The number of nitrogens with zero attached hydrogens (tertiary/aromatic N) is 2. The number of rotatable bonds is 6. The number of hydrogen-bond donors (Lipinski definition) is 1. The van der Waals surface area contributed by atoms with Gasteiger partial charge in [-0.05, 0) is 49.6 Å². The van der Waals surface area contributed by atoms with E-state index in [4.69, 9.17) is 4.74 Å². The molecule has 1 aromatic carbocycles. The number of nitrogens with one attached hydrogen (secondary N) is 1. The summed E-state index contributed by atoms with van der Waals surface area (Å²) in [6, 6.07) is 11.9. The Morgan fingerprint density at radius 3 is 2.97 bits per heavy atom. The third kappa shape index (κ3) is 4.81. The molecular weight excluding hydrogens is 378 g/mol. The summed E-state index contributed by atoms with van der Waals surface area (Å²) in [6.07, 6.45) is 4.37. The van der Waals surface area contributed by atoms with E-state index >= 15 is 0 Å². The fraction of sp³-hybridized carbons (Fsp3) is 0.458. The Balaban J connectivity index is 1.30. The van der Waals surface area contributed by atoms with E-state index in [1.165, 1.54) is 5.56 Å². The molecule has 1 saturated heterocycles. The molecule has 1 atom stereocenters. The lowest BCUT2D eigenvalue weighted by Gasteiger charge is -2.32. The minimum atomic E-state index is -0.169. The minimum absolute atomic E-state index is 0.0161. The Hall–Kier alpha value is -2.89. The van der Waals surface area contributed by atoms with E-state index < -0.39 is 0 Å². The maximum Gasteiger partial charge on any atom is 0.225 e. The number of hydrogen-bond acceptors (Lipinski definition) is 4. The van der Waals surface area contributed by atoms with Crippen molar-refractivity contribution in [2.45, 2.75) is 51.7 Å². The number of amides is 2. The molecule has 0 bridgehead atoms. The van der Waals surface area contributed by atoms with Gasteiger partial charge >= 0.3 is 0 Å². The molecule has 4 rings (SSSR count). The molecule has 6 heteroatoms. The Morgan fingerprint density at radius 1 is 1.30 bits per heavy atom. The first-order chi connectivity index (χ1) is 14.4. The van der Waals surface area contributed by atoms with Crippen LogP contribution in [-0.2, 0) is 29.0 Å². The Bertz CT molecular complexity index is 927. The summed E-state index contributed by atoms with van der Waals surface area (Å²) in [5, 5.41) is 3.06. The highest BCUT2D eigenvalue weighted by molar-refractivity contribution is 5.83. The zero-order valence-corrected chi connectivity index (χ0v) is 17.7. The molecule has 30 heavy (non-hydrogen) atoms. The summed E-state index contributed by atoms with van der Waals surface area (Å²) in [7, 11) is 0. The highest BCUT2D eigenvalue weighted by Crippen LogP contribution is 2.35. The second-order valence-corrected chi connectivity index (χ2v) is 8.84. The zero-order valence-electron chi connectivity index (χ0n) is 17.7. The number of likely N-dealkylation sites (tertiary alicyclic amines) is 1. The van der Waals surface area contributed by atoms with Crippen LogP contribution in [0.5, 0.6) is 5.75 Å². The SMILES string of the molecule is CC1(C)Cc2cc(CNC(=O)[C@H]3CCC(=O)N(CCc4ccccn4)C3)ccc2O1. The van der Waals surface area contributed by atoms with Crippen molar-refractivity contribution in [2.24, 2.45) is 5.92 Å². The van der Waals surface area contributed by atoms with Gasteiger partial charge in [-0.1, -0.05) is 18.2 Å². The van der Waals surface area contributed by atoms with E-state index in [0.717, 1.165) is 23.4 Å². The van der Waals surface area contributed by atoms with Crippen LogP contribution in [0.4, 0.5) is 0 Å². The van der Waals surface area contributed by atoms with Crippen molar-refractivity contribution in [1.29, 1.82) is 0 Å². The van der Waals surface area contributed by atoms with Gasteiger partial charge in [0.15, 0.2) is 0 Å². The van der Waals surface area contributed by atoms with Crippen LogP contribution in [0.3, 0.4) is 0 Å². The van der Waals surface area contributed by atoms with E-state index in [-0.39, 0.29) is 23.3 Å². The summed E-state index contributed by atoms with van der Waals surface area (Å²) < 4.78 is 5.92. The number of benzene rings is 1. The first kappa shape index (κ1) is 20.4. The molecular formula is C24H29N3O3. The lowest BCUT2D eigenvalue weighted by Crippen LogP contribution is -2.46. The molecule has 1 aromatic heterocycles. The Morgan fingerprint density at radius 2 is 2.17 bits per heavy atom. The average molecular weight is 408 g/mol. The molecule has 0 radical (unpaired) electrons. The monoisotopic (exact) mass is 407 g/mol. The molecule has 6 nitrogen and oxygen atoms in total. The molecule has 0 saturated carbocycles. The third-order valence-electron chi connectivity index (χ3n) is 5.83. The summed E-state index contributed by atoms with van der Waals surface area (Å²) >= 11 is 0. The van der Waals surface area contributed by atoms with E-state index in [0.29, 0.717) is 38.9 Å². The normalized spacial score (nSPS) is 19.9. The van der Waals surface area contributed by atoms with Crippen molar-refractivity contribution in [3.8, 4) is 5.75 Å². The van der Waals surface area contributed by atoms with E-state index in [2.05, 4.69) is 30.2 Å². The number of aromatic nitrogens is 1. The molecule has 1 N–H and O–H groups in total. The smallest absolute Gasteiger partial charge is 0.225 e. The highest BCUT2D eigenvalue weighted by atomic mass is 16.5. The summed E-state index contributed by atoms with van der Waals surface area (Å²) in [6.45, 7) is 5.73. The van der Waals surface area contributed by atoms with E-state index in [1.54, 1.807) is 11.1 Å². The first-order valence-electron chi connectivity index (χ1n) is 10.7. The molecule has 2 aliphatic heterocycles.